The van der Waals surface area contributed by atoms with Gasteiger partial charge in [0.05, 0.1) is 22.2 Å². The van der Waals surface area contributed by atoms with E-state index in [-0.39, 0.29) is 35.5 Å². The summed E-state index contributed by atoms with van der Waals surface area (Å²) in [5, 5.41) is 3.66. The number of carbonyl (C=O) groups is 2. The predicted octanol–water partition coefficient (Wildman–Crippen LogP) is 7.43. The molecular weight excluding hydrogens is 725 g/mol. The van der Waals surface area contributed by atoms with Crippen molar-refractivity contribution in [1.29, 1.82) is 0 Å². The van der Waals surface area contributed by atoms with Crippen LogP contribution in [-0.2, 0) is 32.6 Å². The molecule has 8 nitrogen and oxygen atoms in total. The van der Waals surface area contributed by atoms with Crippen molar-refractivity contribution in [2.24, 2.45) is 0 Å². The van der Waals surface area contributed by atoms with Gasteiger partial charge in [-0.25, -0.2) is 8.42 Å². The Balaban J connectivity index is 1.84. The van der Waals surface area contributed by atoms with E-state index < -0.39 is 28.5 Å². The lowest BCUT2D eigenvalue weighted by Gasteiger charge is -2.34. The molecule has 0 aliphatic heterocycles. The molecule has 0 fully saturated rings. The first-order valence-corrected chi connectivity index (χ1v) is 17.8. The largest absolute Gasteiger partial charge is 0.496 e. The van der Waals surface area contributed by atoms with Gasteiger partial charge in [0, 0.05) is 29.1 Å². The first kappa shape index (κ1) is 36.3. The van der Waals surface area contributed by atoms with Gasteiger partial charge < -0.3 is 15.0 Å². The van der Waals surface area contributed by atoms with Crippen molar-refractivity contribution in [3.8, 4) is 5.75 Å². The fourth-order valence-corrected chi connectivity index (χ4v) is 7.54. The van der Waals surface area contributed by atoms with Crippen molar-refractivity contribution in [3.05, 3.63) is 122 Å². The third-order valence-electron chi connectivity index (χ3n) is 7.37. The number of methoxy groups -OCH3 is 1. The second-order valence-electron chi connectivity index (χ2n) is 11.3. The summed E-state index contributed by atoms with van der Waals surface area (Å²) < 4.78 is 35.4. The Morgan fingerprint density at radius 2 is 1.62 bits per heavy atom. The molecule has 0 saturated carbocycles. The maximum absolute atomic E-state index is 14.6. The van der Waals surface area contributed by atoms with Crippen LogP contribution in [0.5, 0.6) is 5.75 Å². The highest BCUT2D eigenvalue weighted by atomic mass is 79.9. The second-order valence-corrected chi connectivity index (χ2v) is 14.8. The average molecular weight is 762 g/mol. The number of nitrogens with zero attached hydrogens (tertiary/aromatic N) is 2. The van der Waals surface area contributed by atoms with E-state index >= 15 is 0 Å². The van der Waals surface area contributed by atoms with E-state index in [2.05, 4.69) is 21.2 Å². The fraction of sp³-hybridized carbons (Fsp3) is 0.257. The van der Waals surface area contributed by atoms with Crippen LogP contribution in [0.25, 0.3) is 0 Å². The molecule has 1 atom stereocenters. The zero-order valence-electron chi connectivity index (χ0n) is 26.4. The monoisotopic (exact) mass is 759 g/mol. The molecule has 0 aliphatic rings. The molecule has 47 heavy (non-hydrogen) atoms. The number of rotatable bonds is 13. The maximum Gasteiger partial charge on any atom is 0.264 e. The summed E-state index contributed by atoms with van der Waals surface area (Å²) >= 11 is 16.1. The van der Waals surface area contributed by atoms with Crippen LogP contribution in [0.4, 0.5) is 5.69 Å². The molecule has 0 spiro atoms. The molecule has 4 aromatic rings. The van der Waals surface area contributed by atoms with Crippen LogP contribution in [0.15, 0.2) is 100 Å². The van der Waals surface area contributed by atoms with Gasteiger partial charge >= 0.3 is 0 Å². The number of amides is 2. The number of ether oxygens (including phenoxy) is 1. The summed E-state index contributed by atoms with van der Waals surface area (Å²) in [6.07, 6.45) is 0.180. The highest BCUT2D eigenvalue weighted by Crippen LogP contribution is 2.31. The first-order chi connectivity index (χ1) is 22.3. The van der Waals surface area contributed by atoms with Gasteiger partial charge in [-0.3, -0.25) is 13.9 Å². The molecule has 2 amide bonds. The van der Waals surface area contributed by atoms with Gasteiger partial charge in [-0.1, -0.05) is 77.3 Å². The fourth-order valence-electron chi connectivity index (χ4n) is 4.94. The Morgan fingerprint density at radius 1 is 0.936 bits per heavy atom. The molecular formula is C35H36BrCl2N3O5S. The summed E-state index contributed by atoms with van der Waals surface area (Å²) in [5.74, 6) is -0.536. The lowest BCUT2D eigenvalue weighted by atomic mass is 10.0. The van der Waals surface area contributed by atoms with Gasteiger partial charge in [-0.2, -0.15) is 0 Å². The third-order valence-corrected chi connectivity index (χ3v) is 10.3. The van der Waals surface area contributed by atoms with Crippen molar-refractivity contribution in [1.82, 2.24) is 10.2 Å². The zero-order chi connectivity index (χ0) is 34.3. The summed E-state index contributed by atoms with van der Waals surface area (Å²) in [5.41, 5.74) is 2.56. The Kier molecular flexibility index (Phi) is 12.4. The third kappa shape index (κ3) is 9.28. The first-order valence-electron chi connectivity index (χ1n) is 14.8. The standard InChI is InChI=1S/C35H36BrCl2N3O5S/c1-23(2)39-35(43)32(18-25-8-6-5-7-9-25)40(21-26-12-13-27(37)19-31(26)38)34(42)22-41(28-14-10-24(3)11-15-28)47(44,45)29-16-17-33(46-4)30(36)20-29/h5-17,19-20,23,32H,18,21-22H2,1-4H3,(H,39,43)/t32-/m1/s1. The minimum absolute atomic E-state index is 0.0516. The quantitative estimate of drug-likeness (QED) is 0.153. The number of benzene rings is 4. The SMILES string of the molecule is COc1ccc(S(=O)(=O)N(CC(=O)N(Cc2ccc(Cl)cc2Cl)[C@H](Cc2ccccc2)C(=O)NC(C)C)c2ccc(C)cc2)cc1Br. The number of nitrogens with one attached hydrogen (secondary N) is 1. The summed E-state index contributed by atoms with van der Waals surface area (Å²) in [6, 6.07) is 24.2. The molecule has 248 valence electrons. The molecule has 4 aromatic carbocycles. The molecule has 0 radical (unpaired) electrons. The number of halogens is 3. The minimum Gasteiger partial charge on any atom is -0.496 e. The molecule has 0 aliphatic carbocycles. The number of carbonyl (C=O) groups excluding carboxylic acids is 2. The Labute approximate surface area is 294 Å². The molecule has 12 heteroatoms. The smallest absolute Gasteiger partial charge is 0.264 e. The molecule has 0 heterocycles. The van der Waals surface area contributed by atoms with Gasteiger partial charge in [0.25, 0.3) is 10.0 Å². The van der Waals surface area contributed by atoms with E-state index in [0.29, 0.717) is 25.8 Å². The van der Waals surface area contributed by atoms with Crippen LogP contribution < -0.4 is 14.4 Å². The topological polar surface area (TPSA) is 96.0 Å². The normalized spacial score (nSPS) is 12.0. The Morgan fingerprint density at radius 3 is 2.21 bits per heavy atom. The number of sulfonamides is 1. The lowest BCUT2D eigenvalue weighted by Crippen LogP contribution is -2.54. The number of aryl methyl sites for hydroxylation is 1. The Bertz CT molecular complexity index is 1820. The van der Waals surface area contributed by atoms with Crippen LogP contribution in [0.1, 0.15) is 30.5 Å². The highest BCUT2D eigenvalue weighted by molar-refractivity contribution is 9.10. The van der Waals surface area contributed by atoms with Crippen LogP contribution in [0.2, 0.25) is 10.0 Å². The van der Waals surface area contributed by atoms with E-state index in [0.717, 1.165) is 15.4 Å². The van der Waals surface area contributed by atoms with E-state index in [1.165, 1.54) is 30.2 Å². The molecule has 0 saturated heterocycles. The summed E-state index contributed by atoms with van der Waals surface area (Å²) in [6.45, 7) is 4.87. The van der Waals surface area contributed by atoms with E-state index in [1.807, 2.05) is 51.1 Å². The van der Waals surface area contributed by atoms with Gasteiger partial charge in [-0.05, 0) is 90.3 Å². The lowest BCUT2D eigenvalue weighted by molar-refractivity contribution is -0.140. The molecule has 1 N–H and O–H groups in total. The molecule has 0 bridgehead atoms. The number of hydrogen-bond donors (Lipinski definition) is 1. The van der Waals surface area contributed by atoms with Crippen LogP contribution in [-0.4, -0.2) is 50.9 Å². The number of anilines is 1. The van der Waals surface area contributed by atoms with Crippen molar-refractivity contribution in [2.45, 2.75) is 50.7 Å². The number of hydrogen-bond acceptors (Lipinski definition) is 5. The summed E-state index contributed by atoms with van der Waals surface area (Å²) in [7, 11) is -2.82. The Hall–Kier alpha value is -3.57. The van der Waals surface area contributed by atoms with Gasteiger partial charge in [-0.15, -0.1) is 0 Å². The van der Waals surface area contributed by atoms with E-state index in [9.17, 15) is 18.0 Å². The summed E-state index contributed by atoms with van der Waals surface area (Å²) in [4.78, 5) is 29.8. The van der Waals surface area contributed by atoms with Gasteiger partial charge in [0.15, 0.2) is 0 Å². The van der Waals surface area contributed by atoms with Crippen molar-refractivity contribution in [3.63, 3.8) is 0 Å². The second kappa shape index (κ2) is 16.0. The predicted molar refractivity (Wildman–Crippen MR) is 191 cm³/mol. The molecule has 4 rings (SSSR count). The van der Waals surface area contributed by atoms with Crippen LogP contribution in [0.3, 0.4) is 0 Å². The van der Waals surface area contributed by atoms with Crippen LogP contribution >= 0.6 is 39.1 Å². The van der Waals surface area contributed by atoms with Crippen LogP contribution in [0, 0.1) is 6.92 Å². The molecule has 0 unspecified atom stereocenters. The zero-order valence-corrected chi connectivity index (χ0v) is 30.3. The van der Waals surface area contributed by atoms with Crippen molar-refractivity contribution in [2.75, 3.05) is 18.0 Å². The van der Waals surface area contributed by atoms with Crippen molar-refractivity contribution >= 4 is 66.7 Å². The average Bonchev–Trinajstić information content (AvgIpc) is 3.03. The molecule has 0 aromatic heterocycles. The van der Waals surface area contributed by atoms with Gasteiger partial charge in [0.2, 0.25) is 11.8 Å². The van der Waals surface area contributed by atoms with E-state index in [1.54, 1.807) is 42.5 Å². The van der Waals surface area contributed by atoms with Crippen molar-refractivity contribution < 1.29 is 22.7 Å². The van der Waals surface area contributed by atoms with Gasteiger partial charge in [0.1, 0.15) is 18.3 Å². The minimum atomic E-state index is -4.30. The van der Waals surface area contributed by atoms with E-state index in [4.69, 9.17) is 27.9 Å². The highest BCUT2D eigenvalue weighted by Gasteiger charge is 2.35. The maximum atomic E-state index is 14.6.